The second-order valence-corrected chi connectivity index (χ2v) is 7.04. The van der Waals surface area contributed by atoms with E-state index in [0.717, 1.165) is 52.1 Å². The van der Waals surface area contributed by atoms with Crippen molar-refractivity contribution < 1.29 is 9.53 Å². The van der Waals surface area contributed by atoms with Gasteiger partial charge in [0.15, 0.2) is 0 Å². The van der Waals surface area contributed by atoms with Crippen LogP contribution in [0.25, 0.3) is 0 Å². The van der Waals surface area contributed by atoms with Gasteiger partial charge < -0.3 is 15.0 Å². The number of carbonyl (C=O) groups is 1. The quantitative estimate of drug-likeness (QED) is 0.839. The van der Waals surface area contributed by atoms with Gasteiger partial charge in [-0.25, -0.2) is 0 Å². The number of likely N-dealkylation sites (N-methyl/N-ethyl adjacent to an activating group) is 1. The zero-order valence-electron chi connectivity index (χ0n) is 13.3. The predicted molar refractivity (Wildman–Crippen MR) is 80.6 cm³/mol. The van der Waals surface area contributed by atoms with Crippen molar-refractivity contribution in [1.82, 2.24) is 10.2 Å². The van der Waals surface area contributed by atoms with Crippen LogP contribution in [0, 0.1) is 11.3 Å². The van der Waals surface area contributed by atoms with E-state index in [-0.39, 0.29) is 0 Å². The molecule has 1 N–H and O–H groups in total. The third kappa shape index (κ3) is 4.19. The summed E-state index contributed by atoms with van der Waals surface area (Å²) in [6, 6.07) is 0.382. The van der Waals surface area contributed by atoms with Gasteiger partial charge in [0, 0.05) is 38.1 Å². The van der Waals surface area contributed by atoms with Crippen LogP contribution in [-0.2, 0) is 9.53 Å². The van der Waals surface area contributed by atoms with Gasteiger partial charge in [-0.15, -0.1) is 0 Å². The van der Waals surface area contributed by atoms with E-state index < -0.39 is 0 Å². The number of rotatable bonds is 5. The summed E-state index contributed by atoms with van der Waals surface area (Å²) in [5.74, 6) is 0.886. The fourth-order valence-electron chi connectivity index (χ4n) is 3.23. The standard InChI is InChI=1S/C16H30N2O2/c1-4-17-14(13-6-10-20-12-13)11-18-9-8-16(2,3)7-5-15(18)19/h13-14,17H,4-12H2,1-3H3. The minimum atomic E-state index is 0.300. The summed E-state index contributed by atoms with van der Waals surface area (Å²) >= 11 is 0. The van der Waals surface area contributed by atoms with Gasteiger partial charge in [-0.2, -0.15) is 0 Å². The maximum atomic E-state index is 12.3. The van der Waals surface area contributed by atoms with Gasteiger partial charge in [-0.1, -0.05) is 20.8 Å². The van der Waals surface area contributed by atoms with E-state index in [2.05, 4.69) is 31.0 Å². The molecule has 2 atom stereocenters. The van der Waals surface area contributed by atoms with Crippen LogP contribution in [0.15, 0.2) is 0 Å². The normalized spacial score (nSPS) is 28.4. The Balaban J connectivity index is 1.95. The molecule has 4 nitrogen and oxygen atoms in total. The van der Waals surface area contributed by atoms with Gasteiger partial charge in [-0.05, 0) is 31.2 Å². The van der Waals surface area contributed by atoms with Crippen LogP contribution in [0.4, 0.5) is 0 Å². The number of likely N-dealkylation sites (tertiary alicyclic amines) is 1. The molecule has 2 rings (SSSR count). The Morgan fingerprint density at radius 1 is 1.45 bits per heavy atom. The molecule has 0 aromatic carbocycles. The summed E-state index contributed by atoms with van der Waals surface area (Å²) in [6.07, 6.45) is 3.94. The second kappa shape index (κ2) is 6.90. The lowest BCUT2D eigenvalue weighted by atomic mass is 9.85. The summed E-state index contributed by atoms with van der Waals surface area (Å²) in [6.45, 7) is 11.1. The zero-order valence-corrected chi connectivity index (χ0v) is 13.3. The summed E-state index contributed by atoms with van der Waals surface area (Å²) in [7, 11) is 0. The SMILES string of the molecule is CCNC(CN1CCC(C)(C)CCC1=O)C1CCOC1. The van der Waals surface area contributed by atoms with Crippen molar-refractivity contribution in [3.8, 4) is 0 Å². The molecule has 2 fully saturated rings. The number of hydrogen-bond donors (Lipinski definition) is 1. The second-order valence-electron chi connectivity index (χ2n) is 7.04. The highest BCUT2D eigenvalue weighted by molar-refractivity contribution is 5.76. The summed E-state index contributed by atoms with van der Waals surface area (Å²) in [4.78, 5) is 14.4. The number of nitrogens with one attached hydrogen (secondary N) is 1. The van der Waals surface area contributed by atoms with Crippen LogP contribution in [0.3, 0.4) is 0 Å². The molecule has 4 heteroatoms. The molecule has 0 bridgehead atoms. The van der Waals surface area contributed by atoms with Crippen molar-refractivity contribution in [2.75, 3.05) is 32.8 Å². The van der Waals surface area contributed by atoms with Crippen molar-refractivity contribution in [3.63, 3.8) is 0 Å². The predicted octanol–water partition coefficient (Wildman–Crippen LogP) is 2.04. The molecule has 2 heterocycles. The first kappa shape index (κ1) is 15.8. The average Bonchev–Trinajstić information content (AvgIpc) is 2.89. The first-order chi connectivity index (χ1) is 9.52. The molecule has 0 aromatic rings. The molecular weight excluding hydrogens is 252 g/mol. The molecule has 2 unspecified atom stereocenters. The third-order valence-corrected chi connectivity index (χ3v) is 4.84. The Morgan fingerprint density at radius 2 is 2.25 bits per heavy atom. The topological polar surface area (TPSA) is 41.6 Å². The molecule has 0 aliphatic carbocycles. The van der Waals surface area contributed by atoms with Crippen molar-refractivity contribution >= 4 is 5.91 Å². The lowest BCUT2D eigenvalue weighted by molar-refractivity contribution is -0.131. The van der Waals surface area contributed by atoms with Crippen LogP contribution in [0.1, 0.15) is 46.5 Å². The number of carbonyl (C=O) groups excluding carboxylic acids is 1. The molecule has 116 valence electrons. The monoisotopic (exact) mass is 282 g/mol. The largest absolute Gasteiger partial charge is 0.381 e. The number of ether oxygens (including phenoxy) is 1. The van der Waals surface area contributed by atoms with E-state index >= 15 is 0 Å². The summed E-state index contributed by atoms with van der Waals surface area (Å²) in [5.41, 5.74) is 0.300. The molecule has 2 saturated heterocycles. The van der Waals surface area contributed by atoms with Crippen LogP contribution >= 0.6 is 0 Å². The van der Waals surface area contributed by atoms with Crippen molar-refractivity contribution in [2.45, 2.75) is 52.5 Å². The van der Waals surface area contributed by atoms with Crippen LogP contribution in [0.5, 0.6) is 0 Å². The number of amides is 1. The van der Waals surface area contributed by atoms with Crippen LogP contribution < -0.4 is 5.32 Å². The Bertz CT molecular complexity index is 324. The first-order valence-electron chi connectivity index (χ1n) is 8.11. The van der Waals surface area contributed by atoms with Crippen molar-refractivity contribution in [2.24, 2.45) is 11.3 Å². The Labute approximate surface area is 123 Å². The maximum absolute atomic E-state index is 12.3. The fourth-order valence-corrected chi connectivity index (χ4v) is 3.23. The van der Waals surface area contributed by atoms with Gasteiger partial charge in [0.2, 0.25) is 5.91 Å². The lowest BCUT2D eigenvalue weighted by Gasteiger charge is -2.30. The molecule has 0 spiro atoms. The van der Waals surface area contributed by atoms with Crippen molar-refractivity contribution in [3.05, 3.63) is 0 Å². The highest BCUT2D eigenvalue weighted by Crippen LogP contribution is 2.30. The molecular formula is C16H30N2O2. The fraction of sp³-hybridized carbons (Fsp3) is 0.938. The maximum Gasteiger partial charge on any atom is 0.222 e. The van der Waals surface area contributed by atoms with Gasteiger partial charge >= 0.3 is 0 Å². The summed E-state index contributed by atoms with van der Waals surface area (Å²) in [5, 5.41) is 3.56. The number of nitrogens with zero attached hydrogens (tertiary/aromatic N) is 1. The van der Waals surface area contributed by atoms with Crippen molar-refractivity contribution in [1.29, 1.82) is 0 Å². The molecule has 0 saturated carbocycles. The highest BCUT2D eigenvalue weighted by atomic mass is 16.5. The van der Waals surface area contributed by atoms with Gasteiger partial charge in [-0.3, -0.25) is 4.79 Å². The van der Waals surface area contributed by atoms with Gasteiger partial charge in [0.1, 0.15) is 0 Å². The lowest BCUT2D eigenvalue weighted by Crippen LogP contribution is -2.47. The molecule has 20 heavy (non-hydrogen) atoms. The summed E-state index contributed by atoms with van der Waals surface area (Å²) < 4.78 is 5.51. The smallest absolute Gasteiger partial charge is 0.222 e. The Kier molecular flexibility index (Phi) is 5.44. The Hall–Kier alpha value is -0.610. The Morgan fingerprint density at radius 3 is 2.90 bits per heavy atom. The molecule has 2 aliphatic heterocycles. The molecule has 1 amide bonds. The van der Waals surface area contributed by atoms with Crippen LogP contribution in [-0.4, -0.2) is 49.7 Å². The molecule has 2 aliphatic rings. The number of hydrogen-bond acceptors (Lipinski definition) is 3. The van der Waals surface area contributed by atoms with E-state index in [9.17, 15) is 4.79 Å². The van der Waals surface area contributed by atoms with E-state index in [4.69, 9.17) is 4.74 Å². The van der Waals surface area contributed by atoms with E-state index in [0.29, 0.717) is 29.7 Å². The highest BCUT2D eigenvalue weighted by Gasteiger charge is 2.31. The molecule has 0 radical (unpaired) electrons. The first-order valence-corrected chi connectivity index (χ1v) is 8.11. The van der Waals surface area contributed by atoms with E-state index in [1.54, 1.807) is 0 Å². The van der Waals surface area contributed by atoms with E-state index in [1.807, 2.05) is 0 Å². The average molecular weight is 282 g/mol. The minimum Gasteiger partial charge on any atom is -0.381 e. The van der Waals surface area contributed by atoms with Gasteiger partial charge in [0.05, 0.1) is 6.61 Å². The van der Waals surface area contributed by atoms with Crippen LogP contribution in [0.2, 0.25) is 0 Å². The third-order valence-electron chi connectivity index (χ3n) is 4.84. The minimum absolute atomic E-state index is 0.300. The molecule has 0 aromatic heterocycles. The zero-order chi connectivity index (χ0) is 14.6. The van der Waals surface area contributed by atoms with Gasteiger partial charge in [0.25, 0.3) is 0 Å². The van der Waals surface area contributed by atoms with E-state index in [1.165, 1.54) is 0 Å².